The van der Waals surface area contributed by atoms with Crippen LogP contribution in [0.4, 0.5) is 9.59 Å². The van der Waals surface area contributed by atoms with Gasteiger partial charge in [-0.15, -0.1) is 0 Å². The summed E-state index contributed by atoms with van der Waals surface area (Å²) in [6.07, 6.45) is 20.8. The number of hydrazine groups is 1. The van der Waals surface area contributed by atoms with Crippen molar-refractivity contribution in [2.45, 2.75) is 153 Å². The predicted octanol–water partition coefficient (Wildman–Crippen LogP) is 8.30. The molecule has 2 aromatic carbocycles. The molecule has 0 radical (unpaired) electrons. The number of likely N-dealkylation sites (tertiary alicyclic amines) is 2. The lowest BCUT2D eigenvalue weighted by Crippen LogP contribution is -2.72. The number of imidazole rings is 2. The van der Waals surface area contributed by atoms with E-state index in [4.69, 9.17) is 18.9 Å². The topological polar surface area (TPSA) is 200 Å². The van der Waals surface area contributed by atoms with Crippen LogP contribution in [0.2, 0.25) is 0 Å². The highest BCUT2D eigenvalue weighted by Crippen LogP contribution is 2.45. The molecule has 18 nitrogen and oxygen atoms in total. The van der Waals surface area contributed by atoms with Crippen molar-refractivity contribution >= 4 is 23.9 Å². The van der Waals surface area contributed by atoms with Crippen molar-refractivity contribution in [2.24, 2.45) is 17.8 Å². The number of urea groups is 2. The number of hydrogen-bond acceptors (Lipinski definition) is 10. The Labute approximate surface area is 456 Å². The molecule has 2 aliphatic heterocycles. The lowest BCUT2D eigenvalue weighted by Gasteiger charge is -2.56. The van der Waals surface area contributed by atoms with Crippen LogP contribution in [0.15, 0.2) is 73.6 Å². The van der Waals surface area contributed by atoms with Crippen LogP contribution in [-0.4, -0.2) is 154 Å². The minimum Gasteiger partial charge on any atom is -0.497 e. The molecule has 4 aromatic rings. The van der Waals surface area contributed by atoms with Crippen molar-refractivity contribution in [3.63, 3.8) is 0 Å². The lowest BCUT2D eigenvalue weighted by atomic mass is 9.67. The zero-order chi connectivity index (χ0) is 54.2. The van der Waals surface area contributed by atoms with E-state index in [1.165, 1.54) is 35.7 Å². The molecule has 4 aliphatic rings. The number of ether oxygens (including phenoxy) is 4. The fourth-order valence-electron chi connectivity index (χ4n) is 12.6. The summed E-state index contributed by atoms with van der Waals surface area (Å²) >= 11 is 0. The van der Waals surface area contributed by atoms with Crippen molar-refractivity contribution < 1.29 is 38.1 Å². The minimum atomic E-state index is -1.21. The molecule has 4 fully saturated rings. The third-order valence-corrected chi connectivity index (χ3v) is 16.9. The second kappa shape index (κ2) is 27.4. The SMILES string of the molecule is CCCOC1(C2CCCCC2)CCN(C(=O)C(Cc2ccc(OC)cc2)N(C(=O)NCCc2cnc[nH]2)N(CCc2cnc[nH]2)C(=O)NC(Cc2ccc(OC)cc2)C(=O)N2CC(OCCC)(C3CCCCC3C)C2)CC1. The van der Waals surface area contributed by atoms with Gasteiger partial charge < -0.3 is 49.3 Å². The van der Waals surface area contributed by atoms with Crippen molar-refractivity contribution in [3.8, 4) is 11.5 Å². The Balaban J connectivity index is 1.16. The van der Waals surface area contributed by atoms with Crippen LogP contribution in [-0.2, 0) is 44.7 Å². The highest BCUT2D eigenvalue weighted by atomic mass is 16.5. The minimum absolute atomic E-state index is 0.0509. The van der Waals surface area contributed by atoms with Gasteiger partial charge in [0.25, 0.3) is 0 Å². The third kappa shape index (κ3) is 14.3. The van der Waals surface area contributed by atoms with Crippen LogP contribution in [0.5, 0.6) is 11.5 Å². The quantitative estimate of drug-likeness (QED) is 0.0495. The molecule has 8 rings (SSSR count). The van der Waals surface area contributed by atoms with E-state index >= 15 is 19.2 Å². The van der Waals surface area contributed by atoms with Gasteiger partial charge in [-0.3, -0.25) is 9.59 Å². The number of amides is 6. The van der Waals surface area contributed by atoms with Gasteiger partial charge in [0, 0.05) is 82.3 Å². The van der Waals surface area contributed by atoms with Crippen molar-refractivity contribution in [1.29, 1.82) is 0 Å². The monoisotopic (exact) mass is 1060 g/mol. The summed E-state index contributed by atoms with van der Waals surface area (Å²) in [4.78, 5) is 80.6. The Kier molecular flexibility index (Phi) is 20.3. The maximum atomic E-state index is 15.8. The summed E-state index contributed by atoms with van der Waals surface area (Å²) in [5, 5.41) is 8.90. The summed E-state index contributed by atoms with van der Waals surface area (Å²) < 4.78 is 24.6. The van der Waals surface area contributed by atoms with Gasteiger partial charge in [0.15, 0.2) is 0 Å². The van der Waals surface area contributed by atoms with E-state index in [0.29, 0.717) is 87.9 Å². The molecule has 18 heteroatoms. The number of aromatic amines is 2. The van der Waals surface area contributed by atoms with Crippen LogP contribution in [0.25, 0.3) is 0 Å². The number of carbonyl (C=O) groups is 4. The number of H-pyrrole nitrogens is 2. The third-order valence-electron chi connectivity index (χ3n) is 16.9. The molecule has 4 heterocycles. The Hall–Kier alpha value is -6.14. The summed E-state index contributed by atoms with van der Waals surface area (Å²) in [5.41, 5.74) is 2.29. The van der Waals surface area contributed by atoms with Crippen LogP contribution < -0.4 is 20.1 Å². The van der Waals surface area contributed by atoms with E-state index < -0.39 is 29.7 Å². The second-order valence-corrected chi connectivity index (χ2v) is 22.0. The number of aromatic nitrogens is 4. The van der Waals surface area contributed by atoms with Gasteiger partial charge in [-0.2, -0.15) is 0 Å². The van der Waals surface area contributed by atoms with E-state index in [1.807, 2.05) is 58.3 Å². The number of hydrogen-bond donors (Lipinski definition) is 4. The number of nitrogens with one attached hydrogen (secondary N) is 4. The van der Waals surface area contributed by atoms with Crippen LogP contribution in [0.3, 0.4) is 0 Å². The van der Waals surface area contributed by atoms with Crippen molar-refractivity contribution in [1.82, 2.24) is 50.4 Å². The van der Waals surface area contributed by atoms with Gasteiger partial charge in [0.05, 0.1) is 52.1 Å². The Morgan fingerprint density at radius 2 is 1.27 bits per heavy atom. The molecule has 420 valence electrons. The van der Waals surface area contributed by atoms with E-state index in [-0.39, 0.29) is 49.8 Å². The van der Waals surface area contributed by atoms with Gasteiger partial charge in [0.1, 0.15) is 29.2 Å². The molecular weight excluding hydrogens is 977 g/mol. The van der Waals surface area contributed by atoms with Gasteiger partial charge in [-0.05, 0) is 98.1 Å². The van der Waals surface area contributed by atoms with Crippen LogP contribution in [0.1, 0.15) is 127 Å². The van der Waals surface area contributed by atoms with Gasteiger partial charge in [-0.1, -0.05) is 83.6 Å². The van der Waals surface area contributed by atoms with Crippen molar-refractivity contribution in [3.05, 3.63) is 96.1 Å². The first-order valence-corrected chi connectivity index (χ1v) is 28.7. The molecule has 2 aliphatic carbocycles. The fourth-order valence-corrected chi connectivity index (χ4v) is 12.6. The van der Waals surface area contributed by atoms with Gasteiger partial charge in [0.2, 0.25) is 11.8 Å². The number of carbonyl (C=O) groups excluding carboxylic acids is 4. The molecule has 2 saturated heterocycles. The van der Waals surface area contributed by atoms with E-state index in [1.54, 1.807) is 39.3 Å². The zero-order valence-corrected chi connectivity index (χ0v) is 46.4. The van der Waals surface area contributed by atoms with E-state index in [0.717, 1.165) is 67.5 Å². The standard InChI is InChI=1S/C59H86N10O8/c1-6-33-76-58(46-14-9-8-10-15-46)27-31-66(32-28-58)55(71)53(36-45-19-23-50(75-5)24-20-45)69(56(72)62-29-25-47-37-60-41-63-47)68(30-26-48-38-61-42-64-48)57(73)65-52(35-44-17-21-49(74-4)22-18-44)54(70)67-39-59(40-67,77-34-7-2)51-16-12-11-13-43(51)3/h17-24,37-38,41-43,46,51-53H,6-16,25-36,39-40H2,1-5H3,(H,60,63)(H,61,64)(H,62,72)(H,65,73). The first-order chi connectivity index (χ1) is 37.5. The van der Waals surface area contributed by atoms with Crippen LogP contribution in [0, 0.1) is 17.8 Å². The normalized spacial score (nSPS) is 20.1. The summed E-state index contributed by atoms with van der Waals surface area (Å²) in [6, 6.07) is 11.3. The molecular formula is C59H86N10O8. The molecule has 6 amide bonds. The summed E-state index contributed by atoms with van der Waals surface area (Å²) in [6.45, 7) is 9.64. The molecule has 4 unspecified atom stereocenters. The Morgan fingerprint density at radius 1 is 0.701 bits per heavy atom. The molecule has 4 N–H and O–H groups in total. The summed E-state index contributed by atoms with van der Waals surface area (Å²) in [7, 11) is 3.20. The first-order valence-electron chi connectivity index (χ1n) is 28.7. The number of piperidine rings is 1. The number of rotatable bonds is 24. The average Bonchev–Trinajstić information content (AvgIpc) is 4.24. The zero-order valence-electron chi connectivity index (χ0n) is 46.4. The highest BCUT2D eigenvalue weighted by Gasteiger charge is 2.54. The Bertz CT molecular complexity index is 2430. The average molecular weight is 1060 g/mol. The Morgan fingerprint density at radius 3 is 1.84 bits per heavy atom. The van der Waals surface area contributed by atoms with E-state index in [9.17, 15) is 0 Å². The largest absolute Gasteiger partial charge is 0.497 e. The maximum absolute atomic E-state index is 15.8. The van der Waals surface area contributed by atoms with Crippen LogP contribution >= 0.6 is 0 Å². The van der Waals surface area contributed by atoms with E-state index in [2.05, 4.69) is 51.3 Å². The number of nitrogens with zero attached hydrogens (tertiary/aromatic N) is 6. The molecule has 0 spiro atoms. The molecule has 2 saturated carbocycles. The molecule has 0 bridgehead atoms. The summed E-state index contributed by atoms with van der Waals surface area (Å²) in [5.74, 6) is 1.95. The number of benzene rings is 2. The predicted molar refractivity (Wildman–Crippen MR) is 294 cm³/mol. The number of methoxy groups -OCH3 is 2. The van der Waals surface area contributed by atoms with Gasteiger partial charge in [-0.25, -0.2) is 29.6 Å². The maximum Gasteiger partial charge on any atom is 0.337 e. The molecule has 77 heavy (non-hydrogen) atoms. The van der Waals surface area contributed by atoms with Gasteiger partial charge >= 0.3 is 12.1 Å². The molecule has 4 atom stereocenters. The molecule has 2 aromatic heterocycles. The van der Waals surface area contributed by atoms with Crippen molar-refractivity contribution in [2.75, 3.05) is 66.7 Å². The fraction of sp³-hybridized carbons (Fsp3) is 0.627. The smallest absolute Gasteiger partial charge is 0.337 e. The second-order valence-electron chi connectivity index (χ2n) is 22.0. The highest BCUT2D eigenvalue weighted by molar-refractivity contribution is 5.91. The lowest BCUT2D eigenvalue weighted by molar-refractivity contribution is -0.199. The first kappa shape index (κ1) is 57.0.